The fourth-order valence-electron chi connectivity index (χ4n) is 3.26. The van der Waals surface area contributed by atoms with E-state index in [1.54, 1.807) is 13.8 Å². The van der Waals surface area contributed by atoms with Crippen LogP contribution in [0.15, 0.2) is 21.7 Å². The summed E-state index contributed by atoms with van der Waals surface area (Å²) in [5.74, 6) is -1.16. The van der Waals surface area contributed by atoms with E-state index < -0.39 is 23.1 Å². The van der Waals surface area contributed by atoms with Crippen LogP contribution in [0.2, 0.25) is 0 Å². The van der Waals surface area contributed by atoms with Gasteiger partial charge in [-0.3, -0.25) is 24.0 Å². The van der Waals surface area contributed by atoms with Gasteiger partial charge in [-0.2, -0.15) is 0 Å². The molecule has 10 nitrogen and oxygen atoms in total. The number of nitrogen functional groups attached to an aromatic ring is 1. The van der Waals surface area contributed by atoms with Crippen molar-refractivity contribution in [2.75, 3.05) is 23.8 Å². The molecule has 3 N–H and O–H groups in total. The number of H-pyrrole nitrogens is 1. The summed E-state index contributed by atoms with van der Waals surface area (Å²) in [6.45, 7) is 9.76. The maximum atomic E-state index is 13.4. The second-order valence-electron chi connectivity index (χ2n) is 7.86. The minimum atomic E-state index is -0.742. The molecule has 0 aromatic carbocycles. The smallest absolute Gasteiger partial charge is 0.339 e. The topological polar surface area (TPSA) is 140 Å². The van der Waals surface area contributed by atoms with E-state index in [0.717, 1.165) is 6.42 Å². The summed E-state index contributed by atoms with van der Waals surface area (Å²) in [7, 11) is 0. The Morgan fingerprint density at radius 2 is 1.94 bits per heavy atom. The molecule has 10 heteroatoms. The number of pyridine rings is 1. The van der Waals surface area contributed by atoms with Gasteiger partial charge in [0.15, 0.2) is 5.69 Å². The van der Waals surface area contributed by atoms with Crippen molar-refractivity contribution in [1.82, 2.24) is 14.5 Å². The van der Waals surface area contributed by atoms with Crippen LogP contribution in [0, 0.1) is 12.8 Å². The molecular formula is C22H31N5O5. The van der Waals surface area contributed by atoms with Gasteiger partial charge in [-0.15, -0.1) is 0 Å². The van der Waals surface area contributed by atoms with Crippen LogP contribution in [0.25, 0.3) is 0 Å². The first-order valence-corrected chi connectivity index (χ1v) is 10.7. The Labute approximate surface area is 186 Å². The van der Waals surface area contributed by atoms with E-state index in [4.69, 9.17) is 10.5 Å². The molecule has 0 fully saturated rings. The number of ether oxygens (including phenoxy) is 1. The van der Waals surface area contributed by atoms with Gasteiger partial charge in [0.05, 0.1) is 17.9 Å². The van der Waals surface area contributed by atoms with E-state index in [-0.39, 0.29) is 41.8 Å². The summed E-state index contributed by atoms with van der Waals surface area (Å²) in [6.07, 6.45) is 1.51. The average Bonchev–Trinajstić information content (AvgIpc) is 2.72. The maximum absolute atomic E-state index is 13.4. The van der Waals surface area contributed by atoms with Gasteiger partial charge < -0.3 is 10.5 Å². The van der Waals surface area contributed by atoms with Crippen LogP contribution in [-0.4, -0.2) is 39.6 Å². The number of aromatic nitrogens is 3. The highest BCUT2D eigenvalue weighted by Gasteiger charge is 2.27. The van der Waals surface area contributed by atoms with Crippen molar-refractivity contribution in [3.63, 3.8) is 0 Å². The zero-order valence-electron chi connectivity index (χ0n) is 19.2. The molecule has 2 aromatic rings. The number of carbonyl (C=O) groups is 2. The minimum Gasteiger partial charge on any atom is -0.462 e. The normalized spacial score (nSPS) is 10.9. The summed E-state index contributed by atoms with van der Waals surface area (Å²) in [5.41, 5.74) is 5.39. The van der Waals surface area contributed by atoms with Crippen LogP contribution in [0.1, 0.15) is 67.1 Å². The number of rotatable bonds is 9. The average molecular weight is 446 g/mol. The van der Waals surface area contributed by atoms with E-state index in [1.807, 2.05) is 20.8 Å². The number of anilines is 2. The molecule has 32 heavy (non-hydrogen) atoms. The molecule has 0 spiro atoms. The highest BCUT2D eigenvalue weighted by atomic mass is 16.5. The van der Waals surface area contributed by atoms with Crippen LogP contribution in [0.5, 0.6) is 0 Å². The molecule has 2 rings (SSSR count). The van der Waals surface area contributed by atoms with Crippen LogP contribution >= 0.6 is 0 Å². The molecule has 174 valence electrons. The van der Waals surface area contributed by atoms with Crippen molar-refractivity contribution in [3.05, 3.63) is 49.9 Å². The van der Waals surface area contributed by atoms with Crippen molar-refractivity contribution >= 4 is 23.4 Å². The fraction of sp³-hybridized carbons (Fsp3) is 0.500. The predicted molar refractivity (Wildman–Crippen MR) is 122 cm³/mol. The number of carbonyl (C=O) groups excluding carboxylic acids is 2. The Morgan fingerprint density at radius 1 is 1.25 bits per heavy atom. The largest absolute Gasteiger partial charge is 0.462 e. The zero-order chi connectivity index (χ0) is 24.0. The van der Waals surface area contributed by atoms with E-state index in [2.05, 4.69) is 9.97 Å². The third kappa shape index (κ3) is 5.43. The van der Waals surface area contributed by atoms with Crippen LogP contribution < -0.4 is 21.9 Å². The molecule has 0 aliphatic carbocycles. The number of unbranched alkanes of at least 4 members (excludes halogenated alkanes) is 1. The number of aromatic amines is 1. The predicted octanol–water partition coefficient (Wildman–Crippen LogP) is 2.10. The van der Waals surface area contributed by atoms with Gasteiger partial charge in [0.25, 0.3) is 11.5 Å². The van der Waals surface area contributed by atoms with Crippen molar-refractivity contribution in [1.29, 1.82) is 0 Å². The number of nitrogens with two attached hydrogens (primary N) is 1. The van der Waals surface area contributed by atoms with E-state index in [0.29, 0.717) is 18.7 Å². The molecule has 0 saturated carbocycles. The van der Waals surface area contributed by atoms with Crippen LogP contribution in [0.4, 0.5) is 11.5 Å². The summed E-state index contributed by atoms with van der Waals surface area (Å²) in [5, 5.41) is 0. The lowest BCUT2D eigenvalue weighted by molar-refractivity contribution is 0.0524. The van der Waals surface area contributed by atoms with Gasteiger partial charge in [-0.25, -0.2) is 14.6 Å². The van der Waals surface area contributed by atoms with Crippen molar-refractivity contribution < 1.29 is 14.3 Å². The second-order valence-corrected chi connectivity index (χ2v) is 7.86. The Kier molecular flexibility index (Phi) is 8.34. The first kappa shape index (κ1) is 24.8. The van der Waals surface area contributed by atoms with E-state index in [9.17, 15) is 19.2 Å². The van der Waals surface area contributed by atoms with Gasteiger partial charge in [0, 0.05) is 13.1 Å². The lowest BCUT2D eigenvalue weighted by Crippen LogP contribution is -2.43. The van der Waals surface area contributed by atoms with Gasteiger partial charge in [0.2, 0.25) is 0 Å². The van der Waals surface area contributed by atoms with E-state index >= 15 is 0 Å². The molecule has 0 radical (unpaired) electrons. The number of nitrogens with zero attached hydrogens (tertiary/aromatic N) is 3. The fourth-order valence-corrected chi connectivity index (χ4v) is 3.26. The first-order valence-electron chi connectivity index (χ1n) is 10.7. The molecule has 0 atom stereocenters. The molecule has 2 aromatic heterocycles. The third-order valence-corrected chi connectivity index (χ3v) is 4.81. The second kappa shape index (κ2) is 10.7. The molecule has 0 aliphatic heterocycles. The van der Waals surface area contributed by atoms with Gasteiger partial charge >= 0.3 is 11.7 Å². The number of hydrogen-bond acceptors (Lipinski definition) is 7. The number of aryl methyl sites for hydroxylation is 1. The molecule has 1 amide bonds. The summed E-state index contributed by atoms with van der Waals surface area (Å²) in [4.78, 5) is 58.2. The van der Waals surface area contributed by atoms with Gasteiger partial charge in [0.1, 0.15) is 11.5 Å². The minimum absolute atomic E-state index is 0.00586. The quantitative estimate of drug-likeness (QED) is 0.563. The standard InChI is InChI=1S/C22H31N5O5/c1-6-8-11-26-18(23)17(19(28)25-22(26)31)27(12-13(3)4)20(29)16-10-9-15(14(5)24-16)21(30)32-7-2/h9-10,13H,6-8,11-12,23H2,1-5H3,(H,25,28,31). The zero-order valence-corrected chi connectivity index (χ0v) is 19.2. The maximum Gasteiger partial charge on any atom is 0.339 e. The number of hydrogen-bond donors (Lipinski definition) is 2. The molecule has 0 unspecified atom stereocenters. The summed E-state index contributed by atoms with van der Waals surface area (Å²) in [6, 6.07) is 2.88. The van der Waals surface area contributed by atoms with Crippen LogP contribution in [-0.2, 0) is 11.3 Å². The molecular weight excluding hydrogens is 414 g/mol. The van der Waals surface area contributed by atoms with Crippen LogP contribution in [0.3, 0.4) is 0 Å². The molecule has 2 heterocycles. The Balaban J connectivity index is 2.57. The number of amides is 1. The van der Waals surface area contributed by atoms with E-state index in [1.165, 1.54) is 21.6 Å². The number of esters is 1. The lowest BCUT2D eigenvalue weighted by atomic mass is 10.1. The highest BCUT2D eigenvalue weighted by Crippen LogP contribution is 2.21. The lowest BCUT2D eigenvalue weighted by Gasteiger charge is -2.26. The Hall–Kier alpha value is -3.43. The number of nitrogens with one attached hydrogen (secondary N) is 1. The van der Waals surface area contributed by atoms with Crippen molar-refractivity contribution in [3.8, 4) is 0 Å². The van der Waals surface area contributed by atoms with Crippen molar-refractivity contribution in [2.45, 2.75) is 54.0 Å². The Morgan fingerprint density at radius 3 is 2.50 bits per heavy atom. The van der Waals surface area contributed by atoms with Gasteiger partial charge in [-0.05, 0) is 38.3 Å². The summed E-state index contributed by atoms with van der Waals surface area (Å²) < 4.78 is 6.27. The monoisotopic (exact) mass is 445 g/mol. The Bertz CT molecular complexity index is 1100. The first-order chi connectivity index (χ1) is 15.1. The SMILES string of the molecule is CCCCn1c(N)c(N(CC(C)C)C(=O)c2ccc(C(=O)OCC)c(C)n2)c(=O)[nH]c1=O. The van der Waals surface area contributed by atoms with Gasteiger partial charge in [-0.1, -0.05) is 27.2 Å². The molecule has 0 bridgehead atoms. The summed E-state index contributed by atoms with van der Waals surface area (Å²) >= 11 is 0. The molecule has 0 aliphatic rings. The third-order valence-electron chi connectivity index (χ3n) is 4.81. The highest BCUT2D eigenvalue weighted by molar-refractivity contribution is 6.06. The molecule has 0 saturated heterocycles. The van der Waals surface area contributed by atoms with Crippen molar-refractivity contribution in [2.24, 2.45) is 5.92 Å².